The van der Waals surface area contributed by atoms with Crippen LogP contribution in [0.4, 0.5) is 0 Å². The van der Waals surface area contributed by atoms with Crippen LogP contribution >= 0.6 is 0 Å². The maximum atomic E-state index is 9.41. The molecule has 0 aliphatic heterocycles. The van der Waals surface area contributed by atoms with Crippen molar-refractivity contribution in [1.29, 1.82) is 5.26 Å². The largest absolute Gasteiger partial charge is 0.388 e. The van der Waals surface area contributed by atoms with Crippen LogP contribution in [0.25, 0.3) is 0 Å². The predicted molar refractivity (Wildman–Crippen MR) is 46.4 cm³/mol. The second kappa shape index (κ2) is 3.89. The van der Waals surface area contributed by atoms with Crippen molar-refractivity contribution >= 4 is 0 Å². The van der Waals surface area contributed by atoms with E-state index in [1.54, 1.807) is 24.3 Å². The van der Waals surface area contributed by atoms with Crippen LogP contribution in [-0.2, 0) is 0 Å². The fraction of sp³-hybridized carbons (Fsp3) is 0.300. The van der Waals surface area contributed by atoms with Crippen LogP contribution < -0.4 is 0 Å². The Morgan fingerprint density at radius 1 is 1.42 bits per heavy atom. The van der Waals surface area contributed by atoms with Crippen LogP contribution in [0.15, 0.2) is 24.3 Å². The molecule has 2 nitrogen and oxygen atoms in total. The minimum atomic E-state index is -0.405. The molecule has 0 saturated heterocycles. The van der Waals surface area contributed by atoms with Crippen molar-refractivity contribution in [1.82, 2.24) is 0 Å². The molecule has 1 N–H and O–H groups in total. The van der Waals surface area contributed by atoms with Gasteiger partial charge >= 0.3 is 0 Å². The van der Waals surface area contributed by atoms with Gasteiger partial charge in [0.2, 0.25) is 0 Å². The van der Waals surface area contributed by atoms with Gasteiger partial charge in [0.25, 0.3) is 0 Å². The lowest BCUT2D eigenvalue weighted by atomic mass is 10.1. The summed E-state index contributed by atoms with van der Waals surface area (Å²) in [6.07, 6.45) is 0.295. The molecule has 0 aliphatic carbocycles. The minimum Gasteiger partial charge on any atom is -0.388 e. The van der Waals surface area contributed by atoms with Gasteiger partial charge in [0.05, 0.1) is 17.7 Å². The summed E-state index contributed by atoms with van der Waals surface area (Å²) in [5.41, 5.74) is 1.50. The SMILES string of the molecule is CC[C@H](O)c1ccc(C#N)cc1. The molecule has 1 aromatic carbocycles. The highest BCUT2D eigenvalue weighted by Gasteiger charge is 2.02. The van der Waals surface area contributed by atoms with Gasteiger partial charge in [0.15, 0.2) is 0 Å². The van der Waals surface area contributed by atoms with E-state index in [1.807, 2.05) is 13.0 Å². The smallest absolute Gasteiger partial charge is 0.0991 e. The Morgan fingerprint density at radius 3 is 2.42 bits per heavy atom. The Bertz CT molecular complexity index is 284. The van der Waals surface area contributed by atoms with Crippen molar-refractivity contribution < 1.29 is 5.11 Å². The predicted octanol–water partition coefficient (Wildman–Crippen LogP) is 2.00. The number of nitrogens with zero attached hydrogens (tertiary/aromatic N) is 1. The Balaban J connectivity index is 2.86. The lowest BCUT2D eigenvalue weighted by Gasteiger charge is -2.06. The zero-order valence-electron chi connectivity index (χ0n) is 6.99. The average Bonchev–Trinajstić information content (AvgIpc) is 2.17. The van der Waals surface area contributed by atoms with E-state index in [9.17, 15) is 5.11 Å². The molecule has 1 rings (SSSR count). The van der Waals surface area contributed by atoms with Gasteiger partial charge in [-0.3, -0.25) is 0 Å². The van der Waals surface area contributed by atoms with Crippen LogP contribution in [0.5, 0.6) is 0 Å². The third-order valence-electron chi connectivity index (χ3n) is 1.81. The number of hydrogen-bond acceptors (Lipinski definition) is 2. The summed E-state index contributed by atoms with van der Waals surface area (Å²) >= 11 is 0. The van der Waals surface area contributed by atoms with Crippen molar-refractivity contribution in [3.05, 3.63) is 35.4 Å². The van der Waals surface area contributed by atoms with Crippen molar-refractivity contribution in [2.75, 3.05) is 0 Å². The van der Waals surface area contributed by atoms with Crippen LogP contribution in [0.3, 0.4) is 0 Å². The molecule has 0 bridgehead atoms. The molecule has 0 saturated carbocycles. The lowest BCUT2D eigenvalue weighted by Crippen LogP contribution is -1.94. The Kier molecular flexibility index (Phi) is 2.84. The van der Waals surface area contributed by atoms with Gasteiger partial charge in [-0.2, -0.15) is 5.26 Å². The van der Waals surface area contributed by atoms with E-state index in [-0.39, 0.29) is 0 Å². The molecular formula is C10H11NO. The van der Waals surface area contributed by atoms with Crippen LogP contribution in [-0.4, -0.2) is 5.11 Å². The number of aliphatic hydroxyl groups excluding tert-OH is 1. The molecule has 1 aromatic rings. The van der Waals surface area contributed by atoms with Gasteiger partial charge in [-0.25, -0.2) is 0 Å². The standard InChI is InChI=1S/C10H11NO/c1-2-10(12)9-5-3-8(7-11)4-6-9/h3-6,10,12H,2H2,1H3/t10-/m0/s1. The van der Waals surface area contributed by atoms with Gasteiger partial charge in [-0.05, 0) is 24.1 Å². The molecule has 0 heterocycles. The molecule has 12 heavy (non-hydrogen) atoms. The third-order valence-corrected chi connectivity index (χ3v) is 1.81. The van der Waals surface area contributed by atoms with E-state index in [4.69, 9.17) is 5.26 Å². The normalized spacial score (nSPS) is 12.1. The summed E-state index contributed by atoms with van der Waals surface area (Å²) in [7, 11) is 0. The molecule has 0 amide bonds. The van der Waals surface area contributed by atoms with E-state index in [0.29, 0.717) is 12.0 Å². The van der Waals surface area contributed by atoms with Gasteiger partial charge in [0, 0.05) is 0 Å². The maximum absolute atomic E-state index is 9.41. The Morgan fingerprint density at radius 2 is 2.00 bits per heavy atom. The summed E-state index contributed by atoms with van der Waals surface area (Å²) < 4.78 is 0. The van der Waals surface area contributed by atoms with Crippen molar-refractivity contribution in [2.45, 2.75) is 19.4 Å². The van der Waals surface area contributed by atoms with Crippen molar-refractivity contribution in [2.24, 2.45) is 0 Å². The van der Waals surface area contributed by atoms with Gasteiger partial charge in [-0.15, -0.1) is 0 Å². The highest BCUT2D eigenvalue weighted by Crippen LogP contribution is 2.15. The van der Waals surface area contributed by atoms with E-state index < -0.39 is 6.10 Å². The molecule has 0 fully saturated rings. The number of hydrogen-bond donors (Lipinski definition) is 1. The maximum Gasteiger partial charge on any atom is 0.0991 e. The summed E-state index contributed by atoms with van der Waals surface area (Å²) in [6, 6.07) is 9.03. The fourth-order valence-electron chi connectivity index (χ4n) is 1.02. The Labute approximate surface area is 72.1 Å². The van der Waals surface area contributed by atoms with E-state index >= 15 is 0 Å². The van der Waals surface area contributed by atoms with E-state index in [2.05, 4.69) is 0 Å². The molecule has 0 aliphatic rings. The Hall–Kier alpha value is -1.33. The van der Waals surface area contributed by atoms with Crippen LogP contribution in [0, 0.1) is 11.3 Å². The van der Waals surface area contributed by atoms with Gasteiger partial charge < -0.3 is 5.11 Å². The highest BCUT2D eigenvalue weighted by atomic mass is 16.3. The van der Waals surface area contributed by atoms with Crippen LogP contribution in [0.1, 0.15) is 30.6 Å². The van der Waals surface area contributed by atoms with Crippen LogP contribution in [0.2, 0.25) is 0 Å². The first kappa shape index (κ1) is 8.76. The second-order valence-electron chi connectivity index (χ2n) is 2.66. The first-order valence-corrected chi connectivity index (χ1v) is 3.96. The molecule has 0 radical (unpaired) electrons. The van der Waals surface area contributed by atoms with E-state index in [1.165, 1.54) is 0 Å². The zero-order valence-corrected chi connectivity index (χ0v) is 6.99. The monoisotopic (exact) mass is 161 g/mol. The van der Waals surface area contributed by atoms with Gasteiger partial charge in [-0.1, -0.05) is 19.1 Å². The third kappa shape index (κ3) is 1.84. The second-order valence-corrected chi connectivity index (χ2v) is 2.66. The first-order valence-electron chi connectivity index (χ1n) is 3.96. The first-order chi connectivity index (χ1) is 5.77. The van der Waals surface area contributed by atoms with Crippen molar-refractivity contribution in [3.8, 4) is 6.07 Å². The molecule has 1 atom stereocenters. The molecule has 0 unspecified atom stereocenters. The number of rotatable bonds is 2. The number of benzene rings is 1. The zero-order chi connectivity index (χ0) is 8.97. The lowest BCUT2D eigenvalue weighted by molar-refractivity contribution is 0.173. The quantitative estimate of drug-likeness (QED) is 0.721. The number of nitriles is 1. The fourth-order valence-corrected chi connectivity index (χ4v) is 1.02. The summed E-state index contributed by atoms with van der Waals surface area (Å²) in [6.45, 7) is 1.92. The van der Waals surface area contributed by atoms with E-state index in [0.717, 1.165) is 5.56 Å². The summed E-state index contributed by atoms with van der Waals surface area (Å²) in [5, 5.41) is 17.9. The number of aliphatic hydroxyl groups is 1. The van der Waals surface area contributed by atoms with Gasteiger partial charge in [0.1, 0.15) is 0 Å². The molecule has 0 aromatic heterocycles. The highest BCUT2D eigenvalue weighted by molar-refractivity contribution is 5.32. The average molecular weight is 161 g/mol. The topological polar surface area (TPSA) is 44.0 Å². The molecule has 62 valence electrons. The summed E-state index contributed by atoms with van der Waals surface area (Å²) in [5.74, 6) is 0. The molecule has 2 heteroatoms. The molecule has 0 spiro atoms. The van der Waals surface area contributed by atoms with Crippen molar-refractivity contribution in [3.63, 3.8) is 0 Å². The summed E-state index contributed by atoms with van der Waals surface area (Å²) in [4.78, 5) is 0. The molecular weight excluding hydrogens is 150 g/mol. The minimum absolute atomic E-state index is 0.405.